The van der Waals surface area contributed by atoms with E-state index in [1.165, 1.54) is 0 Å². The van der Waals surface area contributed by atoms with Gasteiger partial charge in [0.1, 0.15) is 11.5 Å². The number of esters is 2. The third kappa shape index (κ3) is 4.29. The standard InChI is InChI=1S/C34H26Br2N2O6/c1-15(2)13-37-23-9-17(35)5-7-19(23)27(31(37)39)29-21-11-26-22(12-25(21)43-33(29)41)30(34(42)44-26)28-20-8-6-18(36)10-24(20)38(32(28)40)14-16(3)4/h5-12,15-16H,13-14H2,1-4H3/b29-27+,30-28+. The van der Waals surface area contributed by atoms with Crippen LogP contribution in [0.3, 0.4) is 0 Å². The first-order chi connectivity index (χ1) is 20.9. The zero-order valence-corrected chi connectivity index (χ0v) is 27.5. The van der Waals surface area contributed by atoms with Crippen molar-refractivity contribution in [2.75, 3.05) is 22.9 Å². The molecule has 8 nitrogen and oxygen atoms in total. The molecule has 0 saturated carbocycles. The highest BCUT2D eigenvalue weighted by Gasteiger charge is 2.45. The van der Waals surface area contributed by atoms with Crippen molar-refractivity contribution in [3.05, 3.63) is 79.7 Å². The molecule has 0 atom stereocenters. The molecule has 0 bridgehead atoms. The van der Waals surface area contributed by atoms with Crippen LogP contribution in [0, 0.1) is 11.8 Å². The molecule has 44 heavy (non-hydrogen) atoms. The Morgan fingerprint density at radius 2 is 0.955 bits per heavy atom. The number of carbonyl (C=O) groups excluding carboxylic acids is 4. The number of rotatable bonds is 4. The van der Waals surface area contributed by atoms with Gasteiger partial charge in [0.05, 0.1) is 33.7 Å². The molecule has 4 heterocycles. The van der Waals surface area contributed by atoms with E-state index in [0.717, 1.165) is 8.95 Å². The zero-order chi connectivity index (χ0) is 31.2. The number of halogens is 2. The van der Waals surface area contributed by atoms with Crippen molar-refractivity contribution in [1.82, 2.24) is 0 Å². The van der Waals surface area contributed by atoms with E-state index in [2.05, 4.69) is 31.9 Å². The van der Waals surface area contributed by atoms with Crippen molar-refractivity contribution < 1.29 is 28.7 Å². The average molecular weight is 718 g/mol. The van der Waals surface area contributed by atoms with Crippen molar-refractivity contribution in [2.24, 2.45) is 11.8 Å². The first-order valence-electron chi connectivity index (χ1n) is 14.3. The summed E-state index contributed by atoms with van der Waals surface area (Å²) in [6, 6.07) is 14.1. The van der Waals surface area contributed by atoms with Crippen LogP contribution in [0.15, 0.2) is 57.5 Å². The lowest BCUT2D eigenvalue weighted by molar-refractivity contribution is -0.127. The molecule has 2 amide bonds. The summed E-state index contributed by atoms with van der Waals surface area (Å²) in [6.07, 6.45) is 0. The van der Waals surface area contributed by atoms with Gasteiger partial charge in [-0.3, -0.25) is 9.59 Å². The number of anilines is 2. The Kier molecular flexibility index (Phi) is 6.71. The van der Waals surface area contributed by atoms with Gasteiger partial charge in [-0.05, 0) is 48.2 Å². The molecule has 0 fully saturated rings. The molecule has 0 spiro atoms. The summed E-state index contributed by atoms with van der Waals surface area (Å²) in [5, 5.41) is 0. The Balaban J connectivity index is 1.40. The maximum atomic E-state index is 13.9. The van der Waals surface area contributed by atoms with Crippen LogP contribution in [0.1, 0.15) is 49.9 Å². The molecule has 3 aromatic carbocycles. The summed E-state index contributed by atoms with van der Waals surface area (Å²) >= 11 is 7.00. The van der Waals surface area contributed by atoms with Gasteiger partial charge in [-0.2, -0.15) is 0 Å². The van der Waals surface area contributed by atoms with Crippen LogP contribution >= 0.6 is 31.9 Å². The molecule has 10 heteroatoms. The van der Waals surface area contributed by atoms with Crippen LogP contribution in [0.5, 0.6) is 11.5 Å². The summed E-state index contributed by atoms with van der Waals surface area (Å²) < 4.78 is 13.1. The highest BCUT2D eigenvalue weighted by atomic mass is 79.9. The van der Waals surface area contributed by atoms with E-state index in [1.807, 2.05) is 64.1 Å². The predicted molar refractivity (Wildman–Crippen MR) is 174 cm³/mol. The van der Waals surface area contributed by atoms with Gasteiger partial charge in [0.25, 0.3) is 11.8 Å². The SMILES string of the molecule is CC(C)CN1C(=O)/C(=C2/C(=O)Oc3cc4c(cc32)OC(=O)/C4=C2/C(=O)N(CC(C)C)c3cc(Br)ccc32)c2ccc(Br)cc21. The molecule has 0 N–H and O–H groups in total. The fourth-order valence-electron chi connectivity index (χ4n) is 6.29. The van der Waals surface area contributed by atoms with Crippen LogP contribution < -0.4 is 19.3 Å². The largest absolute Gasteiger partial charge is 0.422 e. The first kappa shape index (κ1) is 28.7. The number of fused-ring (bicyclic) bond motifs is 4. The fourth-order valence-corrected chi connectivity index (χ4v) is 6.99. The van der Waals surface area contributed by atoms with E-state index in [1.54, 1.807) is 21.9 Å². The number of nitrogens with zero attached hydrogens (tertiary/aromatic N) is 2. The second-order valence-corrected chi connectivity index (χ2v) is 13.9. The van der Waals surface area contributed by atoms with E-state index in [4.69, 9.17) is 9.47 Å². The quantitative estimate of drug-likeness (QED) is 0.166. The molecular formula is C34H26Br2N2O6. The molecule has 0 aliphatic carbocycles. The van der Waals surface area contributed by atoms with Gasteiger partial charge < -0.3 is 19.3 Å². The lowest BCUT2D eigenvalue weighted by Crippen LogP contribution is -2.30. The maximum absolute atomic E-state index is 13.9. The number of amides is 2. The molecule has 222 valence electrons. The average Bonchev–Trinajstić information content (AvgIpc) is 3.60. The van der Waals surface area contributed by atoms with E-state index in [9.17, 15) is 19.2 Å². The second kappa shape index (κ2) is 10.3. The van der Waals surface area contributed by atoms with E-state index in [0.29, 0.717) is 46.7 Å². The summed E-state index contributed by atoms with van der Waals surface area (Å²) in [6.45, 7) is 9.03. The van der Waals surface area contributed by atoms with Crippen LogP contribution in [-0.2, 0) is 19.2 Å². The van der Waals surface area contributed by atoms with E-state index >= 15 is 0 Å². The molecule has 7 rings (SSSR count). The van der Waals surface area contributed by atoms with Gasteiger partial charge >= 0.3 is 11.9 Å². The Morgan fingerprint density at radius 1 is 0.568 bits per heavy atom. The third-order valence-corrected chi connectivity index (χ3v) is 8.97. The molecule has 3 aromatic rings. The molecule has 0 unspecified atom stereocenters. The highest BCUT2D eigenvalue weighted by molar-refractivity contribution is 9.10. The van der Waals surface area contributed by atoms with Crippen LogP contribution in [0.4, 0.5) is 11.4 Å². The number of ether oxygens (including phenoxy) is 2. The molecule has 4 aliphatic rings. The van der Waals surface area contributed by atoms with Gasteiger partial charge in [-0.15, -0.1) is 0 Å². The van der Waals surface area contributed by atoms with Crippen LogP contribution in [0.25, 0.3) is 22.3 Å². The van der Waals surface area contributed by atoms with Crippen molar-refractivity contribution >= 4 is 89.3 Å². The predicted octanol–water partition coefficient (Wildman–Crippen LogP) is 6.88. The number of carbonyl (C=O) groups is 4. The summed E-state index contributed by atoms with van der Waals surface area (Å²) in [4.78, 5) is 58.0. The Morgan fingerprint density at radius 3 is 1.32 bits per heavy atom. The lowest BCUT2D eigenvalue weighted by Gasteiger charge is -2.19. The Bertz CT molecular complexity index is 1800. The topological polar surface area (TPSA) is 93.2 Å². The summed E-state index contributed by atoms with van der Waals surface area (Å²) in [5.41, 5.74) is 4.12. The van der Waals surface area contributed by atoms with Crippen molar-refractivity contribution in [1.29, 1.82) is 0 Å². The normalized spacial score (nSPS) is 20.1. The first-order valence-corrected chi connectivity index (χ1v) is 15.9. The lowest BCUT2D eigenvalue weighted by atomic mass is 9.92. The van der Waals surface area contributed by atoms with Crippen molar-refractivity contribution in [2.45, 2.75) is 27.7 Å². The van der Waals surface area contributed by atoms with E-state index < -0.39 is 11.9 Å². The maximum Gasteiger partial charge on any atom is 0.345 e. The number of hydrogen-bond donors (Lipinski definition) is 0. The van der Waals surface area contributed by atoms with Gasteiger partial charge in [0.2, 0.25) is 0 Å². The van der Waals surface area contributed by atoms with Gasteiger partial charge in [0.15, 0.2) is 0 Å². The second-order valence-electron chi connectivity index (χ2n) is 12.1. The molecule has 4 aliphatic heterocycles. The third-order valence-electron chi connectivity index (χ3n) is 7.99. The smallest absolute Gasteiger partial charge is 0.345 e. The summed E-state index contributed by atoms with van der Waals surface area (Å²) in [5.74, 6) is -1.15. The minimum absolute atomic E-state index is 0.120. The van der Waals surface area contributed by atoms with Gasteiger partial charge in [0, 0.05) is 44.3 Å². The Hall–Kier alpha value is -4.02. The van der Waals surface area contributed by atoms with Crippen LogP contribution in [0.2, 0.25) is 0 Å². The minimum Gasteiger partial charge on any atom is -0.422 e. The minimum atomic E-state index is -0.664. The van der Waals surface area contributed by atoms with Gasteiger partial charge in [-0.25, -0.2) is 9.59 Å². The molecular weight excluding hydrogens is 692 g/mol. The van der Waals surface area contributed by atoms with Gasteiger partial charge in [-0.1, -0.05) is 71.7 Å². The van der Waals surface area contributed by atoms with E-state index in [-0.39, 0.29) is 57.4 Å². The zero-order valence-electron chi connectivity index (χ0n) is 24.3. The fraction of sp³-hybridized carbons (Fsp3) is 0.235. The Labute approximate surface area is 270 Å². The van der Waals surface area contributed by atoms with Crippen LogP contribution in [-0.4, -0.2) is 36.8 Å². The molecule has 0 aromatic heterocycles. The monoisotopic (exact) mass is 716 g/mol. The van der Waals surface area contributed by atoms with Crippen molar-refractivity contribution in [3.63, 3.8) is 0 Å². The number of benzene rings is 3. The molecule has 0 radical (unpaired) electrons. The van der Waals surface area contributed by atoms with Crippen molar-refractivity contribution in [3.8, 4) is 11.5 Å². The molecule has 0 saturated heterocycles. The highest BCUT2D eigenvalue weighted by Crippen LogP contribution is 2.52. The summed E-state index contributed by atoms with van der Waals surface area (Å²) in [7, 11) is 0. The number of hydrogen-bond acceptors (Lipinski definition) is 6.